The van der Waals surface area contributed by atoms with Crippen molar-refractivity contribution in [3.05, 3.63) is 59.7 Å². The van der Waals surface area contributed by atoms with Crippen molar-refractivity contribution in [2.45, 2.75) is 0 Å². The van der Waals surface area contributed by atoms with Crippen LogP contribution in [0.15, 0.2) is 48.5 Å². The number of nitrogen functional groups attached to an aromatic ring is 1. The third kappa shape index (κ3) is 3.35. The van der Waals surface area contributed by atoms with Gasteiger partial charge in [0, 0.05) is 7.05 Å². The van der Waals surface area contributed by atoms with Gasteiger partial charge in [-0.25, -0.2) is 5.43 Å². The molecular formula is C16H18N4O4. The van der Waals surface area contributed by atoms with Gasteiger partial charge in [0.05, 0.1) is 23.9 Å². The van der Waals surface area contributed by atoms with Crippen LogP contribution in [0.2, 0.25) is 0 Å². The Balaban J connectivity index is 0.000000177. The Morgan fingerprint density at radius 3 is 2.00 bits per heavy atom. The van der Waals surface area contributed by atoms with E-state index in [1.165, 1.54) is 7.11 Å². The number of fused-ring (bicyclic) bond motifs is 1. The molecule has 8 heteroatoms. The first kappa shape index (κ1) is 17.4. The molecule has 126 valence electrons. The number of imide groups is 1. The maximum absolute atomic E-state index is 11.4. The van der Waals surface area contributed by atoms with Crippen molar-refractivity contribution in [3.63, 3.8) is 0 Å². The molecule has 1 aliphatic heterocycles. The molecule has 0 saturated carbocycles. The van der Waals surface area contributed by atoms with E-state index in [2.05, 4.69) is 10.3 Å². The van der Waals surface area contributed by atoms with Gasteiger partial charge in [-0.2, -0.15) is 5.17 Å². The zero-order chi connectivity index (χ0) is 17.7. The largest absolute Gasteiger partial charge is 0.397 e. The quantitative estimate of drug-likeness (QED) is 0.444. The van der Waals surface area contributed by atoms with E-state index in [4.69, 9.17) is 10.9 Å². The van der Waals surface area contributed by atoms with E-state index in [1.54, 1.807) is 49.5 Å². The zero-order valence-electron chi connectivity index (χ0n) is 13.3. The average Bonchev–Trinajstić information content (AvgIpc) is 2.86. The summed E-state index contributed by atoms with van der Waals surface area (Å²) >= 11 is 0. The first-order valence-corrected chi connectivity index (χ1v) is 7.04. The van der Waals surface area contributed by atoms with Crippen molar-refractivity contribution in [3.8, 4) is 0 Å². The lowest BCUT2D eigenvalue weighted by atomic mass is 10.1. The summed E-state index contributed by atoms with van der Waals surface area (Å²) in [6.07, 6.45) is 0. The number of hydrazine groups is 1. The number of para-hydroxylation sites is 2. The van der Waals surface area contributed by atoms with Gasteiger partial charge in [-0.1, -0.05) is 24.3 Å². The molecule has 0 aromatic heterocycles. The van der Waals surface area contributed by atoms with E-state index in [0.29, 0.717) is 22.5 Å². The second-order valence-corrected chi connectivity index (χ2v) is 4.73. The third-order valence-corrected chi connectivity index (χ3v) is 3.32. The maximum Gasteiger partial charge on any atom is 0.285 e. The van der Waals surface area contributed by atoms with Gasteiger partial charge >= 0.3 is 0 Å². The van der Waals surface area contributed by atoms with Crippen LogP contribution >= 0.6 is 0 Å². The molecule has 2 amide bonds. The number of hydrogen-bond acceptors (Lipinski definition) is 7. The van der Waals surface area contributed by atoms with Crippen molar-refractivity contribution >= 4 is 23.2 Å². The highest BCUT2D eigenvalue weighted by Crippen LogP contribution is 2.21. The van der Waals surface area contributed by atoms with E-state index >= 15 is 0 Å². The first-order chi connectivity index (χ1) is 11.5. The van der Waals surface area contributed by atoms with Crippen LogP contribution in [-0.2, 0) is 4.84 Å². The molecule has 0 atom stereocenters. The van der Waals surface area contributed by atoms with Crippen LogP contribution < -0.4 is 16.3 Å². The van der Waals surface area contributed by atoms with Crippen molar-refractivity contribution in [1.29, 1.82) is 0 Å². The summed E-state index contributed by atoms with van der Waals surface area (Å²) in [6.45, 7) is 0. The number of nitrogens with one attached hydrogen (secondary N) is 1. The SMILES string of the molecule is CNN(O)c1ccccc1N.CON1C(=O)c2ccccc2C1=O. The van der Waals surface area contributed by atoms with Crippen LogP contribution in [0, 0.1) is 0 Å². The van der Waals surface area contributed by atoms with Crippen molar-refractivity contribution < 1.29 is 19.6 Å². The Morgan fingerprint density at radius 1 is 1.04 bits per heavy atom. The van der Waals surface area contributed by atoms with Gasteiger partial charge < -0.3 is 5.73 Å². The predicted molar refractivity (Wildman–Crippen MR) is 88.1 cm³/mol. The fraction of sp³-hybridized carbons (Fsp3) is 0.125. The number of hydroxylamine groups is 2. The minimum Gasteiger partial charge on any atom is -0.397 e. The molecule has 2 aromatic carbocycles. The molecule has 1 heterocycles. The van der Waals surface area contributed by atoms with Gasteiger partial charge in [0.1, 0.15) is 5.69 Å². The molecule has 2 aromatic rings. The number of carbonyl (C=O) groups excluding carboxylic acids is 2. The monoisotopic (exact) mass is 330 g/mol. The van der Waals surface area contributed by atoms with Gasteiger partial charge in [0.15, 0.2) is 0 Å². The Kier molecular flexibility index (Phi) is 5.48. The Labute approximate surface area is 138 Å². The van der Waals surface area contributed by atoms with Gasteiger partial charge in [-0.15, -0.1) is 5.06 Å². The molecule has 24 heavy (non-hydrogen) atoms. The summed E-state index contributed by atoms with van der Waals surface area (Å²) in [5.41, 5.74) is 9.96. The summed E-state index contributed by atoms with van der Waals surface area (Å²) in [6, 6.07) is 13.7. The molecule has 0 fully saturated rings. The predicted octanol–water partition coefficient (Wildman–Crippen LogP) is 1.44. The lowest BCUT2D eigenvalue weighted by Crippen LogP contribution is -2.31. The Bertz CT molecular complexity index is 715. The summed E-state index contributed by atoms with van der Waals surface area (Å²) in [7, 11) is 2.90. The molecule has 1 aliphatic rings. The van der Waals surface area contributed by atoms with Gasteiger partial charge in [-0.05, 0) is 24.3 Å². The molecular weight excluding hydrogens is 312 g/mol. The van der Waals surface area contributed by atoms with Crippen LogP contribution in [-0.4, -0.2) is 36.2 Å². The minimum atomic E-state index is -0.400. The second-order valence-electron chi connectivity index (χ2n) is 4.73. The lowest BCUT2D eigenvalue weighted by Gasteiger charge is -2.16. The number of nitrogens with zero attached hydrogens (tertiary/aromatic N) is 2. The summed E-state index contributed by atoms with van der Waals surface area (Å²) in [5.74, 6) is -0.800. The Hall–Kier alpha value is -2.94. The molecule has 4 N–H and O–H groups in total. The zero-order valence-corrected chi connectivity index (χ0v) is 13.3. The number of carbonyl (C=O) groups is 2. The summed E-state index contributed by atoms with van der Waals surface area (Å²) in [4.78, 5) is 27.5. The topological polar surface area (TPSA) is 108 Å². The van der Waals surface area contributed by atoms with Crippen LogP contribution in [0.3, 0.4) is 0 Å². The fourth-order valence-corrected chi connectivity index (χ4v) is 2.13. The molecule has 8 nitrogen and oxygen atoms in total. The molecule has 0 radical (unpaired) electrons. The first-order valence-electron chi connectivity index (χ1n) is 7.04. The van der Waals surface area contributed by atoms with Crippen LogP contribution in [0.4, 0.5) is 11.4 Å². The van der Waals surface area contributed by atoms with Crippen LogP contribution in [0.5, 0.6) is 0 Å². The smallest absolute Gasteiger partial charge is 0.285 e. The van der Waals surface area contributed by atoms with E-state index in [1.807, 2.05) is 6.07 Å². The number of rotatable bonds is 3. The fourth-order valence-electron chi connectivity index (χ4n) is 2.13. The number of amides is 2. The van der Waals surface area contributed by atoms with Crippen molar-refractivity contribution in [1.82, 2.24) is 10.5 Å². The molecule has 0 spiro atoms. The number of hydrogen-bond donors (Lipinski definition) is 3. The van der Waals surface area contributed by atoms with Crippen LogP contribution in [0.1, 0.15) is 20.7 Å². The standard InChI is InChI=1S/C9H7NO3.C7H11N3O/c1-13-10-8(11)6-4-2-3-5-7(6)9(10)12;1-9-10(11)7-5-3-2-4-6(7)8/h2-5H,1H3;2-5,9,11H,8H2,1H3. The summed E-state index contributed by atoms with van der Waals surface area (Å²) in [5, 5.41) is 10.8. The Morgan fingerprint density at radius 2 is 1.54 bits per heavy atom. The summed E-state index contributed by atoms with van der Waals surface area (Å²) < 4.78 is 0. The van der Waals surface area contributed by atoms with E-state index < -0.39 is 11.8 Å². The highest BCUT2D eigenvalue weighted by Gasteiger charge is 2.35. The second kappa shape index (κ2) is 7.55. The lowest BCUT2D eigenvalue weighted by molar-refractivity contribution is -0.0645. The average molecular weight is 330 g/mol. The number of anilines is 2. The van der Waals surface area contributed by atoms with E-state index in [9.17, 15) is 9.59 Å². The molecule has 0 bridgehead atoms. The van der Waals surface area contributed by atoms with Crippen molar-refractivity contribution in [2.24, 2.45) is 0 Å². The third-order valence-electron chi connectivity index (χ3n) is 3.32. The highest BCUT2D eigenvalue weighted by atomic mass is 16.7. The van der Waals surface area contributed by atoms with E-state index in [-0.39, 0.29) is 0 Å². The van der Waals surface area contributed by atoms with Crippen molar-refractivity contribution in [2.75, 3.05) is 25.1 Å². The highest BCUT2D eigenvalue weighted by molar-refractivity contribution is 6.20. The van der Waals surface area contributed by atoms with E-state index in [0.717, 1.165) is 10.2 Å². The normalized spacial score (nSPS) is 12.5. The molecule has 0 saturated heterocycles. The number of nitrogens with two attached hydrogens (primary N) is 1. The molecule has 0 aliphatic carbocycles. The van der Waals surface area contributed by atoms with Gasteiger partial charge in [-0.3, -0.25) is 19.6 Å². The van der Waals surface area contributed by atoms with Gasteiger partial charge in [0.2, 0.25) is 0 Å². The maximum atomic E-state index is 11.4. The number of benzene rings is 2. The molecule has 3 rings (SSSR count). The van der Waals surface area contributed by atoms with Crippen LogP contribution in [0.25, 0.3) is 0 Å². The minimum absolute atomic E-state index is 0.398. The molecule has 0 unspecified atom stereocenters. The van der Waals surface area contributed by atoms with Gasteiger partial charge in [0.25, 0.3) is 11.8 Å².